The number of pyridine rings is 1. The normalized spacial score (nSPS) is 17.8. The van der Waals surface area contributed by atoms with Gasteiger partial charge in [-0.1, -0.05) is 31.0 Å². The van der Waals surface area contributed by atoms with Crippen LogP contribution in [-0.4, -0.2) is 52.0 Å². The molecule has 2 heterocycles. The van der Waals surface area contributed by atoms with Gasteiger partial charge in [-0.15, -0.1) is 0 Å². The van der Waals surface area contributed by atoms with Gasteiger partial charge in [-0.05, 0) is 81.8 Å². The largest absolute Gasteiger partial charge is 0.493 e. The van der Waals surface area contributed by atoms with Crippen molar-refractivity contribution in [2.24, 2.45) is 5.73 Å². The number of nitrogen functional groups attached to an aromatic ring is 1. The molecule has 1 aliphatic heterocycles. The molecule has 1 saturated heterocycles. The van der Waals surface area contributed by atoms with Crippen LogP contribution in [0, 0.1) is 5.41 Å². The predicted molar refractivity (Wildman–Crippen MR) is 156 cm³/mol. The first-order chi connectivity index (χ1) is 18.7. The third kappa shape index (κ3) is 7.26. The fraction of sp³-hybridized carbons (Fsp3) is 0.452. The molecule has 208 valence electrons. The second kappa shape index (κ2) is 12.9. The molecule has 0 aliphatic carbocycles. The van der Waals surface area contributed by atoms with Crippen molar-refractivity contribution >= 4 is 22.7 Å². The molecule has 4 rings (SSSR count). The molecule has 8 heteroatoms. The summed E-state index contributed by atoms with van der Waals surface area (Å²) >= 11 is 0. The zero-order chi connectivity index (χ0) is 27.9. The lowest BCUT2D eigenvalue weighted by Gasteiger charge is -2.39. The standard InChI is InChI=1S/C31H40N4O4/c1-20-8-6-9-21(2)35(20)14-5-3-4-10-23-17-25(39-15-13-29(36)37)18-28-26(23)19-27(31(38)34-28)22-11-7-12-24(16-22)30(32)33/h7,11-12,16-21H,3-6,8-10,13-15H2,1-2H3,(H3,32,33)(H,34,38)(H,36,37)/t20-,21+. The number of hydrogen-bond acceptors (Lipinski definition) is 5. The number of benzene rings is 2. The zero-order valence-electron chi connectivity index (χ0n) is 23.0. The van der Waals surface area contributed by atoms with Gasteiger partial charge in [0.2, 0.25) is 0 Å². The molecule has 0 amide bonds. The van der Waals surface area contributed by atoms with Crippen LogP contribution in [0.15, 0.2) is 47.3 Å². The number of nitrogens with one attached hydrogen (secondary N) is 2. The van der Waals surface area contributed by atoms with E-state index in [1.807, 2.05) is 18.2 Å². The number of carbonyl (C=O) groups is 1. The van der Waals surface area contributed by atoms with Gasteiger partial charge in [-0.3, -0.25) is 19.9 Å². The van der Waals surface area contributed by atoms with Crippen molar-refractivity contribution in [2.45, 2.75) is 77.3 Å². The molecule has 2 atom stereocenters. The van der Waals surface area contributed by atoms with E-state index in [0.717, 1.165) is 43.2 Å². The highest BCUT2D eigenvalue weighted by Gasteiger charge is 2.23. The van der Waals surface area contributed by atoms with Gasteiger partial charge >= 0.3 is 5.97 Å². The van der Waals surface area contributed by atoms with Crippen molar-refractivity contribution in [1.82, 2.24) is 9.88 Å². The molecule has 1 fully saturated rings. The number of likely N-dealkylation sites (tertiary alicyclic amines) is 1. The minimum absolute atomic E-state index is 0.0498. The highest BCUT2D eigenvalue weighted by molar-refractivity contribution is 5.96. The maximum absolute atomic E-state index is 13.1. The molecule has 5 N–H and O–H groups in total. The molecule has 0 bridgehead atoms. The Morgan fingerprint density at radius 1 is 1.13 bits per heavy atom. The van der Waals surface area contributed by atoms with E-state index in [2.05, 4.69) is 23.7 Å². The van der Waals surface area contributed by atoms with Gasteiger partial charge in [0.25, 0.3) is 5.56 Å². The molecule has 2 aromatic carbocycles. The lowest BCUT2D eigenvalue weighted by atomic mass is 9.96. The fourth-order valence-corrected chi connectivity index (χ4v) is 5.67. The van der Waals surface area contributed by atoms with Crippen molar-refractivity contribution in [3.8, 4) is 16.9 Å². The van der Waals surface area contributed by atoms with Crippen molar-refractivity contribution in [1.29, 1.82) is 5.41 Å². The average molecular weight is 533 g/mol. The molecule has 0 saturated carbocycles. The van der Waals surface area contributed by atoms with E-state index in [1.165, 1.54) is 19.3 Å². The Balaban J connectivity index is 1.57. The minimum atomic E-state index is -0.917. The summed E-state index contributed by atoms with van der Waals surface area (Å²) in [7, 11) is 0. The monoisotopic (exact) mass is 532 g/mol. The highest BCUT2D eigenvalue weighted by atomic mass is 16.5. The maximum atomic E-state index is 13.1. The predicted octanol–water partition coefficient (Wildman–Crippen LogP) is 5.31. The summed E-state index contributed by atoms with van der Waals surface area (Å²) in [4.78, 5) is 29.7. The number of carboxylic acid groups (broad SMARTS) is 1. The number of rotatable bonds is 12. The summed E-state index contributed by atoms with van der Waals surface area (Å²) in [6, 6.07) is 14.1. The Bertz CT molecular complexity index is 1370. The van der Waals surface area contributed by atoms with Gasteiger partial charge < -0.3 is 20.6 Å². The van der Waals surface area contributed by atoms with Crippen molar-refractivity contribution in [3.63, 3.8) is 0 Å². The number of aromatic amines is 1. The Kier molecular flexibility index (Phi) is 9.41. The van der Waals surface area contributed by atoms with Crippen LogP contribution in [0.1, 0.15) is 69.9 Å². The van der Waals surface area contributed by atoms with Gasteiger partial charge in [0.15, 0.2) is 0 Å². The van der Waals surface area contributed by atoms with Gasteiger partial charge in [0, 0.05) is 34.7 Å². The molecule has 1 aliphatic rings. The van der Waals surface area contributed by atoms with Crippen LogP contribution in [0.5, 0.6) is 5.75 Å². The fourth-order valence-electron chi connectivity index (χ4n) is 5.67. The summed E-state index contributed by atoms with van der Waals surface area (Å²) in [5.74, 6) is -0.415. The summed E-state index contributed by atoms with van der Waals surface area (Å²) < 4.78 is 5.75. The van der Waals surface area contributed by atoms with Crippen LogP contribution < -0.4 is 16.0 Å². The number of nitrogens with two attached hydrogens (primary N) is 1. The Morgan fingerprint density at radius 3 is 2.62 bits per heavy atom. The Hall–Kier alpha value is -3.65. The van der Waals surface area contributed by atoms with Crippen LogP contribution in [0.2, 0.25) is 0 Å². The van der Waals surface area contributed by atoms with E-state index in [4.69, 9.17) is 21.0 Å². The molecule has 1 aromatic heterocycles. The van der Waals surface area contributed by atoms with Crippen molar-refractivity contribution < 1.29 is 14.6 Å². The van der Waals surface area contributed by atoms with Crippen LogP contribution >= 0.6 is 0 Å². The van der Waals surface area contributed by atoms with E-state index in [9.17, 15) is 9.59 Å². The lowest BCUT2D eigenvalue weighted by molar-refractivity contribution is -0.137. The third-order valence-corrected chi connectivity index (χ3v) is 7.83. The molecule has 3 aromatic rings. The first kappa shape index (κ1) is 28.4. The van der Waals surface area contributed by atoms with Crippen LogP contribution in [0.3, 0.4) is 0 Å². The van der Waals surface area contributed by atoms with E-state index >= 15 is 0 Å². The van der Waals surface area contributed by atoms with Crippen LogP contribution in [0.4, 0.5) is 0 Å². The maximum Gasteiger partial charge on any atom is 0.306 e. The summed E-state index contributed by atoms with van der Waals surface area (Å²) in [5.41, 5.74) is 8.91. The lowest BCUT2D eigenvalue weighted by Crippen LogP contribution is -2.44. The van der Waals surface area contributed by atoms with E-state index in [-0.39, 0.29) is 24.4 Å². The molecule has 0 radical (unpaired) electrons. The smallest absolute Gasteiger partial charge is 0.306 e. The number of H-pyrrole nitrogens is 1. The number of fused-ring (bicyclic) bond motifs is 1. The second-order valence-electron chi connectivity index (χ2n) is 10.7. The minimum Gasteiger partial charge on any atom is -0.493 e. The number of hydrogen-bond donors (Lipinski definition) is 4. The number of nitrogens with zero attached hydrogens (tertiary/aromatic N) is 1. The average Bonchev–Trinajstić information content (AvgIpc) is 2.89. The third-order valence-electron chi connectivity index (χ3n) is 7.83. The SMILES string of the molecule is C[C@@H]1CCC[C@H](C)N1CCCCCc1cc(OCCC(=O)O)cc2[nH]c(=O)c(-c3cccc(C(=N)N)c3)cc12. The number of piperidine rings is 1. The van der Waals surface area contributed by atoms with Crippen LogP contribution in [-0.2, 0) is 11.2 Å². The number of carboxylic acids is 1. The number of aliphatic carboxylic acids is 1. The van der Waals surface area contributed by atoms with Crippen molar-refractivity contribution in [3.05, 3.63) is 63.9 Å². The molecule has 39 heavy (non-hydrogen) atoms. The van der Waals surface area contributed by atoms with Gasteiger partial charge in [-0.2, -0.15) is 0 Å². The van der Waals surface area contributed by atoms with Gasteiger partial charge in [-0.25, -0.2) is 0 Å². The quantitative estimate of drug-likeness (QED) is 0.142. The molecular weight excluding hydrogens is 492 g/mol. The summed E-state index contributed by atoms with van der Waals surface area (Å²) in [5, 5.41) is 17.7. The Labute approximate surface area is 229 Å². The van der Waals surface area contributed by atoms with Crippen molar-refractivity contribution in [2.75, 3.05) is 13.2 Å². The first-order valence-electron chi connectivity index (χ1n) is 14.0. The topological polar surface area (TPSA) is 132 Å². The summed E-state index contributed by atoms with van der Waals surface area (Å²) in [6.07, 6.45) is 7.83. The number of unbranched alkanes of at least 4 members (excludes halogenated alkanes) is 2. The van der Waals surface area contributed by atoms with Gasteiger partial charge in [0.05, 0.1) is 18.5 Å². The second-order valence-corrected chi connectivity index (χ2v) is 10.7. The molecule has 0 unspecified atom stereocenters. The first-order valence-corrected chi connectivity index (χ1v) is 14.0. The van der Waals surface area contributed by atoms with E-state index in [0.29, 0.717) is 40.0 Å². The van der Waals surface area contributed by atoms with Gasteiger partial charge in [0.1, 0.15) is 11.6 Å². The van der Waals surface area contributed by atoms with E-state index in [1.54, 1.807) is 24.3 Å². The number of aryl methyl sites for hydroxylation is 1. The molecule has 0 spiro atoms. The Morgan fingerprint density at radius 2 is 1.90 bits per heavy atom. The number of amidine groups is 1. The summed E-state index contributed by atoms with van der Waals surface area (Å²) in [6.45, 7) is 5.85. The van der Waals surface area contributed by atoms with E-state index < -0.39 is 5.97 Å². The zero-order valence-corrected chi connectivity index (χ0v) is 23.0. The molecular formula is C31H40N4O4. The number of ether oxygens (including phenoxy) is 1. The van der Waals surface area contributed by atoms with Crippen LogP contribution in [0.25, 0.3) is 22.0 Å². The highest BCUT2D eigenvalue weighted by Crippen LogP contribution is 2.29. The number of aromatic nitrogens is 1. The molecule has 8 nitrogen and oxygen atoms in total.